The van der Waals surface area contributed by atoms with Crippen molar-refractivity contribution < 1.29 is 13.2 Å². The first-order valence-electron chi connectivity index (χ1n) is 11.6. The van der Waals surface area contributed by atoms with Crippen LogP contribution in [0.15, 0.2) is 30.6 Å². The van der Waals surface area contributed by atoms with Gasteiger partial charge >= 0.3 is 6.18 Å². The molecule has 0 saturated heterocycles. The first-order chi connectivity index (χ1) is 15.9. The van der Waals surface area contributed by atoms with Crippen molar-refractivity contribution in [1.82, 2.24) is 19.5 Å². The van der Waals surface area contributed by atoms with Gasteiger partial charge in [0.15, 0.2) is 17.0 Å². The zero-order valence-corrected chi connectivity index (χ0v) is 20.7. The highest BCUT2D eigenvalue weighted by molar-refractivity contribution is 5.87. The first-order valence-corrected chi connectivity index (χ1v) is 11.6. The molecule has 5 rings (SSSR count). The molecule has 192 valence electrons. The number of anilines is 3. The highest BCUT2D eigenvalue weighted by Crippen LogP contribution is 2.35. The Hall–Kier alpha value is -2.30. The Labute approximate surface area is 214 Å². The Kier molecular flexibility index (Phi) is 8.72. The smallest absolute Gasteiger partial charge is 0.351 e. The topological polar surface area (TPSA) is 93.7 Å². The molecule has 0 spiro atoms. The molecule has 0 bridgehead atoms. The quantitative estimate of drug-likeness (QED) is 0.361. The average Bonchev–Trinajstić information content (AvgIpc) is 3.45. The number of hydrogen-bond donors (Lipinski definition) is 3. The number of nitrogens with zero attached hydrogens (tertiary/aromatic N) is 4. The molecule has 3 aromatic rings. The van der Waals surface area contributed by atoms with Gasteiger partial charge in [-0.1, -0.05) is 12.8 Å². The number of aromatic nitrogens is 4. The maximum atomic E-state index is 12.9. The normalized spacial score (nSPS) is 20.8. The standard InChI is InChI=1S/C23H28F3N7.2ClH/c24-23(25,26)14-5-9-16(10-6-14)29-20-19-21(33(13-28-19)18-3-1-2-4-18)32-22(31-20)30-17-11-7-15(27)8-12-17;;/h5-6,9-10,13,15,17-18H,1-4,7-8,11-12,27H2,(H2,29,30,31,32);2*1H/t15-,17-;;. The van der Waals surface area contributed by atoms with Crippen molar-refractivity contribution in [3.05, 3.63) is 36.2 Å². The fraction of sp³-hybridized carbons (Fsp3) is 0.522. The van der Waals surface area contributed by atoms with Gasteiger partial charge < -0.3 is 20.9 Å². The molecule has 0 amide bonds. The third-order valence-electron chi connectivity index (χ3n) is 6.72. The van der Waals surface area contributed by atoms with E-state index < -0.39 is 11.7 Å². The van der Waals surface area contributed by atoms with Crippen LogP contribution in [-0.4, -0.2) is 31.6 Å². The number of rotatable bonds is 5. The van der Waals surface area contributed by atoms with Crippen LogP contribution in [0.4, 0.5) is 30.6 Å². The molecular formula is C23H30Cl2F3N7. The van der Waals surface area contributed by atoms with Crippen LogP contribution in [0.3, 0.4) is 0 Å². The van der Waals surface area contributed by atoms with Crippen molar-refractivity contribution in [1.29, 1.82) is 0 Å². The molecule has 2 fully saturated rings. The molecule has 0 aliphatic heterocycles. The van der Waals surface area contributed by atoms with E-state index in [-0.39, 0.29) is 36.9 Å². The predicted octanol–water partition coefficient (Wildman–Crippen LogP) is 6.23. The highest BCUT2D eigenvalue weighted by Gasteiger charge is 2.30. The fourth-order valence-electron chi connectivity index (χ4n) is 4.84. The van der Waals surface area contributed by atoms with E-state index in [1.165, 1.54) is 25.0 Å². The van der Waals surface area contributed by atoms with Gasteiger partial charge in [-0.3, -0.25) is 0 Å². The highest BCUT2D eigenvalue weighted by atomic mass is 35.5. The Morgan fingerprint density at radius 3 is 2.20 bits per heavy atom. The average molecular weight is 532 g/mol. The molecule has 1 aromatic carbocycles. The third kappa shape index (κ3) is 6.10. The first kappa shape index (κ1) is 27.3. The second-order valence-corrected chi connectivity index (χ2v) is 9.11. The van der Waals surface area contributed by atoms with E-state index in [4.69, 9.17) is 10.7 Å². The number of imidazole rings is 1. The molecule has 2 aliphatic rings. The lowest BCUT2D eigenvalue weighted by Gasteiger charge is -2.27. The summed E-state index contributed by atoms with van der Waals surface area (Å²) in [4.78, 5) is 14.0. The number of nitrogens with two attached hydrogens (primary N) is 1. The summed E-state index contributed by atoms with van der Waals surface area (Å²) in [5, 5.41) is 6.61. The zero-order valence-electron chi connectivity index (χ0n) is 19.1. The molecule has 2 heterocycles. The van der Waals surface area contributed by atoms with Crippen molar-refractivity contribution in [2.24, 2.45) is 5.73 Å². The minimum absolute atomic E-state index is 0. The van der Waals surface area contributed by atoms with E-state index >= 15 is 0 Å². The van der Waals surface area contributed by atoms with E-state index in [2.05, 4.69) is 25.2 Å². The Morgan fingerprint density at radius 1 is 0.914 bits per heavy atom. The van der Waals surface area contributed by atoms with E-state index in [1.54, 1.807) is 6.33 Å². The van der Waals surface area contributed by atoms with Gasteiger partial charge in [0.2, 0.25) is 5.95 Å². The summed E-state index contributed by atoms with van der Waals surface area (Å²) < 4.78 is 40.9. The fourth-order valence-corrected chi connectivity index (χ4v) is 4.84. The summed E-state index contributed by atoms with van der Waals surface area (Å²) in [6.45, 7) is 0. The van der Waals surface area contributed by atoms with Crippen molar-refractivity contribution in [2.45, 2.75) is 75.7 Å². The number of hydrogen-bond acceptors (Lipinski definition) is 6. The summed E-state index contributed by atoms with van der Waals surface area (Å²) in [5.41, 5.74) is 7.20. The molecule has 2 aliphatic carbocycles. The van der Waals surface area contributed by atoms with Gasteiger partial charge in [-0.15, -0.1) is 24.8 Å². The van der Waals surface area contributed by atoms with Gasteiger partial charge in [0.25, 0.3) is 0 Å². The lowest BCUT2D eigenvalue weighted by molar-refractivity contribution is -0.137. The summed E-state index contributed by atoms with van der Waals surface area (Å²) in [6, 6.07) is 5.76. The van der Waals surface area contributed by atoms with Crippen LogP contribution < -0.4 is 16.4 Å². The molecule has 35 heavy (non-hydrogen) atoms. The van der Waals surface area contributed by atoms with E-state index in [0.29, 0.717) is 29.0 Å². The lowest BCUT2D eigenvalue weighted by Crippen LogP contribution is -2.33. The molecule has 0 radical (unpaired) electrons. The van der Waals surface area contributed by atoms with Gasteiger partial charge in [-0.05, 0) is 62.8 Å². The van der Waals surface area contributed by atoms with Gasteiger partial charge in [0, 0.05) is 23.8 Å². The van der Waals surface area contributed by atoms with Crippen LogP contribution in [0.2, 0.25) is 0 Å². The summed E-state index contributed by atoms with van der Waals surface area (Å²) in [5.74, 6) is 0.976. The number of halogens is 5. The summed E-state index contributed by atoms with van der Waals surface area (Å²) >= 11 is 0. The van der Waals surface area contributed by atoms with Gasteiger partial charge in [0.05, 0.1) is 11.9 Å². The Bertz CT molecular complexity index is 1110. The number of fused-ring (bicyclic) bond motifs is 1. The van der Waals surface area contributed by atoms with Crippen molar-refractivity contribution in [3.8, 4) is 0 Å². The lowest BCUT2D eigenvalue weighted by atomic mass is 9.92. The van der Waals surface area contributed by atoms with Crippen LogP contribution in [0.25, 0.3) is 11.2 Å². The summed E-state index contributed by atoms with van der Waals surface area (Å²) in [7, 11) is 0. The molecule has 4 N–H and O–H groups in total. The molecule has 0 unspecified atom stereocenters. The molecule has 12 heteroatoms. The molecule has 2 saturated carbocycles. The van der Waals surface area contributed by atoms with E-state index in [1.807, 2.05) is 0 Å². The van der Waals surface area contributed by atoms with Crippen molar-refractivity contribution in [2.75, 3.05) is 10.6 Å². The number of benzene rings is 1. The van der Waals surface area contributed by atoms with Crippen LogP contribution >= 0.6 is 24.8 Å². The largest absolute Gasteiger partial charge is 0.416 e. The maximum absolute atomic E-state index is 12.9. The third-order valence-corrected chi connectivity index (χ3v) is 6.72. The molecule has 7 nitrogen and oxygen atoms in total. The maximum Gasteiger partial charge on any atom is 0.416 e. The predicted molar refractivity (Wildman–Crippen MR) is 136 cm³/mol. The monoisotopic (exact) mass is 531 g/mol. The van der Waals surface area contributed by atoms with Crippen molar-refractivity contribution in [3.63, 3.8) is 0 Å². The minimum atomic E-state index is -4.37. The van der Waals surface area contributed by atoms with Crippen molar-refractivity contribution >= 4 is 53.4 Å². The second-order valence-electron chi connectivity index (χ2n) is 9.11. The molecular weight excluding hydrogens is 502 g/mol. The second kappa shape index (κ2) is 11.2. The number of alkyl halides is 3. The van der Waals surface area contributed by atoms with Gasteiger partial charge in [0.1, 0.15) is 0 Å². The van der Waals surface area contributed by atoms with Gasteiger partial charge in [-0.2, -0.15) is 23.1 Å². The Balaban J connectivity index is 0.00000171. The molecule has 2 aromatic heterocycles. The Morgan fingerprint density at radius 2 is 1.57 bits per heavy atom. The van der Waals surface area contributed by atoms with Crippen LogP contribution in [0.5, 0.6) is 0 Å². The summed E-state index contributed by atoms with van der Waals surface area (Å²) in [6.07, 6.45) is 5.77. The van der Waals surface area contributed by atoms with E-state index in [0.717, 1.165) is 56.3 Å². The SMILES string of the molecule is Cl.Cl.N[C@H]1CC[C@H](Nc2nc(Nc3ccc(C(F)(F)F)cc3)c3ncn(C4CCCC4)c3n2)CC1. The van der Waals surface area contributed by atoms with E-state index in [9.17, 15) is 13.2 Å². The minimum Gasteiger partial charge on any atom is -0.351 e. The zero-order chi connectivity index (χ0) is 23.0. The van der Waals surface area contributed by atoms with Crippen LogP contribution in [-0.2, 0) is 6.18 Å². The van der Waals surface area contributed by atoms with Crippen LogP contribution in [0.1, 0.15) is 63.0 Å². The number of nitrogens with one attached hydrogen (secondary N) is 2. The molecule has 0 atom stereocenters. The van der Waals surface area contributed by atoms with Gasteiger partial charge in [-0.25, -0.2) is 4.98 Å². The van der Waals surface area contributed by atoms with Crippen LogP contribution in [0, 0.1) is 0 Å².